The topological polar surface area (TPSA) is 174 Å². The van der Waals surface area contributed by atoms with Crippen LogP contribution in [0.25, 0.3) is 0 Å². The molecule has 0 amide bonds. The molecule has 10 nitrogen and oxygen atoms in total. The van der Waals surface area contributed by atoms with Crippen LogP contribution in [0, 0.1) is 0 Å². The molecule has 0 aliphatic heterocycles. The molecule has 0 spiro atoms. The maximum Gasteiger partial charge on any atom is 0.234 e. The van der Waals surface area contributed by atoms with E-state index in [4.69, 9.17) is 16.0 Å². The van der Waals surface area contributed by atoms with E-state index in [0.717, 1.165) is 20.3 Å². The largest absolute Gasteiger partial charge is 0.502 e. The highest BCUT2D eigenvalue weighted by Crippen LogP contribution is 2.37. The van der Waals surface area contributed by atoms with Crippen LogP contribution in [0.4, 0.5) is 0 Å². The standard InChI is InChI=1S/C15H20O10/c1-24-8-3-6(4-9(25-2)12(8)20)10(18)13(21)15(23)14(22)11(19)7(17)5-16/h3-4,7,11,14-17,19-20,22-23H,5H2,1-2H3/t7-,11-,14+,15+/m1/s1/i3D. The van der Waals surface area contributed by atoms with Crippen LogP contribution in [0.15, 0.2) is 12.1 Å². The van der Waals surface area contributed by atoms with Crippen LogP contribution in [0.1, 0.15) is 11.7 Å². The van der Waals surface area contributed by atoms with Crippen molar-refractivity contribution in [2.24, 2.45) is 0 Å². The first-order valence-electron chi connectivity index (χ1n) is 7.48. The summed E-state index contributed by atoms with van der Waals surface area (Å²) in [5.74, 6) is -4.33. The molecular weight excluding hydrogens is 340 g/mol. The second kappa shape index (κ2) is 8.74. The summed E-state index contributed by atoms with van der Waals surface area (Å²) in [7, 11) is 2.26. The van der Waals surface area contributed by atoms with Gasteiger partial charge >= 0.3 is 0 Å². The van der Waals surface area contributed by atoms with Crippen LogP contribution in [0.2, 0.25) is 0 Å². The van der Waals surface area contributed by atoms with Crippen molar-refractivity contribution in [1.82, 2.24) is 0 Å². The summed E-state index contributed by atoms with van der Waals surface area (Å²) in [6.45, 7) is -0.962. The average Bonchev–Trinajstić information content (AvgIpc) is 2.64. The zero-order chi connectivity index (χ0) is 20.2. The smallest absolute Gasteiger partial charge is 0.234 e. The monoisotopic (exact) mass is 361 g/mol. The first kappa shape index (κ1) is 19.1. The third kappa shape index (κ3) is 4.44. The van der Waals surface area contributed by atoms with Gasteiger partial charge in [-0.1, -0.05) is 0 Å². The lowest BCUT2D eigenvalue weighted by Crippen LogP contribution is -2.50. The van der Waals surface area contributed by atoms with E-state index in [1.54, 1.807) is 0 Å². The fourth-order valence-electron chi connectivity index (χ4n) is 1.90. The SMILES string of the molecule is [2H]c1c(C(=O)C(=O)[C@H](O)[C@@H](O)[C@H](O)[C@H](O)CO)cc(OC)c(O)c1OC. The number of Topliss-reactive ketones (excluding diaryl/α,β-unsaturated/α-hetero) is 2. The van der Waals surface area contributed by atoms with E-state index in [2.05, 4.69) is 0 Å². The Morgan fingerprint density at radius 1 is 1.12 bits per heavy atom. The number of rotatable bonds is 9. The maximum absolute atomic E-state index is 12.3. The van der Waals surface area contributed by atoms with Crippen molar-refractivity contribution in [3.05, 3.63) is 17.7 Å². The zero-order valence-corrected chi connectivity index (χ0v) is 13.4. The van der Waals surface area contributed by atoms with E-state index in [9.17, 15) is 35.1 Å². The molecule has 1 aromatic rings. The molecule has 0 saturated heterocycles. The second-order valence-electron chi connectivity index (χ2n) is 5.00. The van der Waals surface area contributed by atoms with Gasteiger partial charge in [-0.05, 0) is 12.1 Å². The van der Waals surface area contributed by atoms with Gasteiger partial charge < -0.3 is 40.1 Å². The van der Waals surface area contributed by atoms with E-state index in [-0.39, 0.29) is 5.75 Å². The molecule has 0 radical (unpaired) electrons. The molecule has 0 aliphatic rings. The number of ketones is 2. The van der Waals surface area contributed by atoms with Crippen molar-refractivity contribution in [1.29, 1.82) is 0 Å². The van der Waals surface area contributed by atoms with Gasteiger partial charge in [0.2, 0.25) is 17.3 Å². The van der Waals surface area contributed by atoms with Crippen LogP contribution >= 0.6 is 0 Å². The fraction of sp³-hybridized carbons (Fsp3) is 0.467. The highest BCUT2D eigenvalue weighted by Gasteiger charge is 2.37. The number of carbonyl (C=O) groups excluding carboxylic acids is 2. The lowest BCUT2D eigenvalue weighted by molar-refractivity contribution is -0.142. The number of aromatic hydroxyl groups is 1. The molecule has 4 atom stereocenters. The Kier molecular flexibility index (Phi) is 6.67. The number of hydrogen-bond donors (Lipinski definition) is 6. The van der Waals surface area contributed by atoms with Crippen LogP contribution < -0.4 is 9.47 Å². The van der Waals surface area contributed by atoms with Gasteiger partial charge in [0.1, 0.15) is 24.4 Å². The molecule has 140 valence electrons. The number of phenolic OH excluding ortho intramolecular Hbond substituents is 1. The van der Waals surface area contributed by atoms with Gasteiger partial charge in [0.05, 0.1) is 22.2 Å². The molecular formula is C15H20O10. The van der Waals surface area contributed by atoms with E-state index in [1.165, 1.54) is 0 Å². The number of aliphatic hydroxyl groups is 5. The molecule has 0 bridgehead atoms. The Morgan fingerprint density at radius 3 is 2.16 bits per heavy atom. The molecule has 0 aromatic heterocycles. The minimum Gasteiger partial charge on any atom is -0.502 e. The third-order valence-electron chi connectivity index (χ3n) is 3.39. The zero-order valence-electron chi connectivity index (χ0n) is 14.4. The summed E-state index contributed by atoms with van der Waals surface area (Å²) < 4.78 is 17.4. The van der Waals surface area contributed by atoms with E-state index < -0.39 is 65.7 Å². The van der Waals surface area contributed by atoms with Crippen LogP contribution in [0.3, 0.4) is 0 Å². The van der Waals surface area contributed by atoms with Crippen LogP contribution in [-0.2, 0) is 4.79 Å². The molecule has 6 N–H and O–H groups in total. The Bertz CT molecular complexity index is 677. The van der Waals surface area contributed by atoms with Gasteiger partial charge in [-0.2, -0.15) is 0 Å². The van der Waals surface area contributed by atoms with Crippen molar-refractivity contribution in [3.63, 3.8) is 0 Å². The second-order valence-corrected chi connectivity index (χ2v) is 5.00. The first-order valence-corrected chi connectivity index (χ1v) is 6.98. The summed E-state index contributed by atoms with van der Waals surface area (Å²) in [4.78, 5) is 24.4. The van der Waals surface area contributed by atoms with Crippen molar-refractivity contribution < 1.29 is 51.1 Å². The number of hydrogen-bond acceptors (Lipinski definition) is 10. The van der Waals surface area contributed by atoms with E-state index >= 15 is 0 Å². The number of phenols is 1. The third-order valence-corrected chi connectivity index (χ3v) is 3.39. The minimum atomic E-state index is -2.44. The minimum absolute atomic E-state index is 0.278. The number of carbonyl (C=O) groups is 2. The van der Waals surface area contributed by atoms with Crippen molar-refractivity contribution in [3.8, 4) is 17.2 Å². The normalized spacial score (nSPS) is 16.4. The number of aliphatic hydroxyl groups excluding tert-OH is 5. The van der Waals surface area contributed by atoms with Crippen molar-refractivity contribution >= 4 is 11.6 Å². The van der Waals surface area contributed by atoms with Crippen molar-refractivity contribution in [2.75, 3.05) is 20.8 Å². The van der Waals surface area contributed by atoms with Gasteiger partial charge in [0.15, 0.2) is 11.5 Å². The summed E-state index contributed by atoms with van der Waals surface area (Å²) in [5, 5.41) is 56.8. The summed E-state index contributed by atoms with van der Waals surface area (Å²) in [6, 6.07) is 0.209. The molecule has 0 fully saturated rings. The number of ether oxygens (including phenoxy) is 2. The molecule has 1 aromatic carbocycles. The predicted molar refractivity (Wildman–Crippen MR) is 81.7 cm³/mol. The molecule has 0 aliphatic carbocycles. The van der Waals surface area contributed by atoms with Gasteiger partial charge in [-0.3, -0.25) is 9.59 Å². The first-order chi connectivity index (χ1) is 12.1. The highest BCUT2D eigenvalue weighted by atomic mass is 16.5. The molecule has 0 heterocycles. The molecule has 25 heavy (non-hydrogen) atoms. The van der Waals surface area contributed by atoms with Gasteiger partial charge in [0.25, 0.3) is 0 Å². The number of benzene rings is 1. The summed E-state index contributed by atoms with van der Waals surface area (Å²) in [5.41, 5.74) is -0.593. The number of methoxy groups -OCH3 is 2. The lowest BCUT2D eigenvalue weighted by Gasteiger charge is -2.24. The fourth-order valence-corrected chi connectivity index (χ4v) is 1.90. The van der Waals surface area contributed by atoms with Crippen LogP contribution in [0.5, 0.6) is 17.2 Å². The van der Waals surface area contributed by atoms with Crippen LogP contribution in [-0.4, -0.2) is 87.4 Å². The van der Waals surface area contributed by atoms with Gasteiger partial charge in [-0.25, -0.2) is 0 Å². The molecule has 10 heteroatoms. The Labute approximate surface area is 143 Å². The van der Waals surface area contributed by atoms with E-state index in [1.807, 2.05) is 0 Å². The quantitative estimate of drug-likeness (QED) is 0.205. The summed E-state index contributed by atoms with van der Waals surface area (Å²) >= 11 is 0. The van der Waals surface area contributed by atoms with Gasteiger partial charge in [0, 0.05) is 5.56 Å². The molecule has 1 rings (SSSR count). The Hall–Kier alpha value is -2.24. The lowest BCUT2D eigenvalue weighted by atomic mass is 9.95. The highest BCUT2D eigenvalue weighted by molar-refractivity contribution is 6.45. The molecule has 0 saturated carbocycles. The Balaban J connectivity index is 3.21. The Morgan fingerprint density at radius 2 is 1.68 bits per heavy atom. The predicted octanol–water partition coefficient (Wildman–Crippen LogP) is -2.40. The van der Waals surface area contributed by atoms with Gasteiger partial charge in [-0.15, -0.1) is 0 Å². The summed E-state index contributed by atoms with van der Waals surface area (Å²) in [6.07, 6.45) is -8.68. The van der Waals surface area contributed by atoms with Crippen molar-refractivity contribution in [2.45, 2.75) is 24.4 Å². The average molecular weight is 361 g/mol. The van der Waals surface area contributed by atoms with E-state index in [0.29, 0.717) is 0 Å². The molecule has 0 unspecified atom stereocenters. The maximum atomic E-state index is 12.3.